The molecular formula is C17H28N4O. The van der Waals surface area contributed by atoms with Crippen molar-refractivity contribution < 1.29 is 4.74 Å². The maximum Gasteiger partial charge on any atom is 0.193 e. The Labute approximate surface area is 133 Å². The van der Waals surface area contributed by atoms with Crippen LogP contribution in [-0.4, -0.2) is 49.2 Å². The summed E-state index contributed by atoms with van der Waals surface area (Å²) >= 11 is 0. The summed E-state index contributed by atoms with van der Waals surface area (Å²) in [5, 5.41) is 3.13. The monoisotopic (exact) mass is 304 g/mol. The van der Waals surface area contributed by atoms with Gasteiger partial charge in [0.1, 0.15) is 0 Å². The number of hydrogen-bond acceptors (Lipinski definition) is 3. The molecule has 22 heavy (non-hydrogen) atoms. The second-order valence-electron chi connectivity index (χ2n) is 6.13. The van der Waals surface area contributed by atoms with E-state index < -0.39 is 0 Å². The Balaban J connectivity index is 1.70. The van der Waals surface area contributed by atoms with Gasteiger partial charge in [0.15, 0.2) is 5.96 Å². The number of hydrogen-bond donors (Lipinski definition) is 2. The number of aryl methyl sites for hydroxylation is 1. The molecular weight excluding hydrogens is 276 g/mol. The van der Waals surface area contributed by atoms with Crippen LogP contribution in [0.2, 0.25) is 0 Å². The third kappa shape index (κ3) is 5.66. The average molecular weight is 304 g/mol. The zero-order chi connectivity index (χ0) is 15.9. The van der Waals surface area contributed by atoms with E-state index in [1.807, 2.05) is 12.1 Å². The van der Waals surface area contributed by atoms with Crippen LogP contribution in [0.1, 0.15) is 25.8 Å². The van der Waals surface area contributed by atoms with Gasteiger partial charge in [0.25, 0.3) is 0 Å². The number of nitrogens with zero attached hydrogens (tertiary/aromatic N) is 2. The molecule has 1 aromatic carbocycles. The lowest BCUT2D eigenvalue weighted by molar-refractivity contribution is -0.0679. The maximum absolute atomic E-state index is 5.92. The number of benzene rings is 1. The van der Waals surface area contributed by atoms with Crippen molar-refractivity contribution >= 4 is 11.6 Å². The minimum absolute atomic E-state index is 0.320. The lowest BCUT2D eigenvalue weighted by Crippen LogP contribution is -2.45. The number of guanidine groups is 1. The smallest absolute Gasteiger partial charge is 0.193 e. The van der Waals surface area contributed by atoms with Gasteiger partial charge in [-0.25, -0.2) is 0 Å². The van der Waals surface area contributed by atoms with Crippen LogP contribution in [0, 0.1) is 6.92 Å². The first-order valence-corrected chi connectivity index (χ1v) is 8.04. The summed E-state index contributed by atoms with van der Waals surface area (Å²) < 4.78 is 5.74. The molecule has 0 amide bonds. The standard InChI is InChI=1S/C17H28N4O/c1-13-6-4-7-16(10-13)20-17(18)19-8-5-9-21-11-14(2)22-15(3)12-21/h4,6-7,10,14-15H,5,8-9,11-12H2,1-3H3,(H3,18,19,20). The Morgan fingerprint density at radius 2 is 2.09 bits per heavy atom. The number of aliphatic imine (C=N–C) groups is 1. The number of rotatable bonds is 5. The number of nitrogens with two attached hydrogens (primary N) is 1. The van der Waals surface area contributed by atoms with Crippen molar-refractivity contribution in [3.05, 3.63) is 29.8 Å². The van der Waals surface area contributed by atoms with Gasteiger partial charge < -0.3 is 15.8 Å². The predicted molar refractivity (Wildman–Crippen MR) is 92.4 cm³/mol. The molecule has 0 radical (unpaired) electrons. The summed E-state index contributed by atoms with van der Waals surface area (Å²) in [6.45, 7) is 10.1. The molecule has 3 N–H and O–H groups in total. The molecule has 1 saturated heterocycles. The first-order valence-electron chi connectivity index (χ1n) is 8.04. The summed E-state index contributed by atoms with van der Waals surface area (Å²) in [7, 11) is 0. The molecule has 1 aliphatic rings. The molecule has 5 heteroatoms. The van der Waals surface area contributed by atoms with Crippen LogP contribution in [0.4, 0.5) is 5.69 Å². The zero-order valence-corrected chi connectivity index (χ0v) is 13.9. The fraction of sp³-hybridized carbons (Fsp3) is 0.588. The Bertz CT molecular complexity index is 493. The second kappa shape index (κ2) is 8.15. The summed E-state index contributed by atoms with van der Waals surface area (Å²) in [6.07, 6.45) is 1.65. The average Bonchev–Trinajstić information content (AvgIpc) is 2.42. The zero-order valence-electron chi connectivity index (χ0n) is 13.9. The fourth-order valence-corrected chi connectivity index (χ4v) is 2.87. The van der Waals surface area contributed by atoms with Gasteiger partial charge in [-0.2, -0.15) is 0 Å². The van der Waals surface area contributed by atoms with Gasteiger partial charge in [-0.1, -0.05) is 12.1 Å². The van der Waals surface area contributed by atoms with Crippen molar-refractivity contribution in [1.29, 1.82) is 0 Å². The summed E-state index contributed by atoms with van der Waals surface area (Å²) in [6, 6.07) is 8.11. The Kier molecular flexibility index (Phi) is 6.21. The minimum atomic E-state index is 0.320. The topological polar surface area (TPSA) is 62.9 Å². The van der Waals surface area contributed by atoms with E-state index in [9.17, 15) is 0 Å². The van der Waals surface area contributed by atoms with Gasteiger partial charge in [-0.15, -0.1) is 0 Å². The van der Waals surface area contributed by atoms with Crippen LogP contribution >= 0.6 is 0 Å². The van der Waals surface area contributed by atoms with Gasteiger partial charge in [0.05, 0.1) is 12.2 Å². The quantitative estimate of drug-likeness (QED) is 0.497. The van der Waals surface area contributed by atoms with E-state index >= 15 is 0 Å². The van der Waals surface area contributed by atoms with E-state index in [1.54, 1.807) is 0 Å². The van der Waals surface area contributed by atoms with Crippen molar-refractivity contribution in [2.24, 2.45) is 10.7 Å². The Morgan fingerprint density at radius 3 is 2.77 bits per heavy atom. The van der Waals surface area contributed by atoms with Gasteiger partial charge in [-0.05, 0) is 44.9 Å². The van der Waals surface area contributed by atoms with Crippen molar-refractivity contribution in [2.45, 2.75) is 39.4 Å². The molecule has 5 nitrogen and oxygen atoms in total. The largest absolute Gasteiger partial charge is 0.373 e. The summed E-state index contributed by atoms with van der Waals surface area (Å²) in [4.78, 5) is 6.84. The lowest BCUT2D eigenvalue weighted by Gasteiger charge is -2.35. The van der Waals surface area contributed by atoms with Crippen molar-refractivity contribution in [3.8, 4) is 0 Å². The molecule has 1 heterocycles. The maximum atomic E-state index is 5.92. The van der Waals surface area contributed by atoms with Crippen molar-refractivity contribution in [2.75, 3.05) is 31.5 Å². The van der Waals surface area contributed by atoms with Crippen LogP contribution in [0.25, 0.3) is 0 Å². The van der Waals surface area contributed by atoms with Gasteiger partial charge in [0.2, 0.25) is 0 Å². The third-order valence-corrected chi connectivity index (χ3v) is 3.70. The molecule has 0 spiro atoms. The van der Waals surface area contributed by atoms with E-state index in [0.29, 0.717) is 18.2 Å². The van der Waals surface area contributed by atoms with E-state index in [1.165, 1.54) is 5.56 Å². The molecule has 0 aliphatic carbocycles. The highest BCUT2D eigenvalue weighted by molar-refractivity contribution is 5.92. The van der Waals surface area contributed by atoms with Gasteiger partial charge >= 0.3 is 0 Å². The SMILES string of the molecule is Cc1cccc(NC(N)=NCCCN2CC(C)OC(C)C2)c1. The summed E-state index contributed by atoms with van der Waals surface area (Å²) in [5.74, 6) is 0.481. The van der Waals surface area contributed by atoms with Crippen LogP contribution in [0.3, 0.4) is 0 Å². The highest BCUT2D eigenvalue weighted by Gasteiger charge is 2.21. The van der Waals surface area contributed by atoms with E-state index in [0.717, 1.165) is 38.3 Å². The van der Waals surface area contributed by atoms with Crippen molar-refractivity contribution in [1.82, 2.24) is 4.90 Å². The van der Waals surface area contributed by atoms with Crippen molar-refractivity contribution in [3.63, 3.8) is 0 Å². The molecule has 1 aromatic rings. The second-order valence-corrected chi connectivity index (χ2v) is 6.13. The fourth-order valence-electron chi connectivity index (χ4n) is 2.87. The van der Waals surface area contributed by atoms with Crippen LogP contribution < -0.4 is 11.1 Å². The molecule has 2 atom stereocenters. The number of anilines is 1. The highest BCUT2D eigenvalue weighted by atomic mass is 16.5. The number of nitrogens with one attached hydrogen (secondary N) is 1. The lowest BCUT2D eigenvalue weighted by atomic mass is 10.2. The molecule has 1 aliphatic heterocycles. The Hall–Kier alpha value is -1.59. The van der Waals surface area contributed by atoms with Gasteiger partial charge in [-0.3, -0.25) is 9.89 Å². The van der Waals surface area contributed by atoms with Crippen LogP contribution in [-0.2, 0) is 4.74 Å². The molecule has 2 unspecified atom stereocenters. The minimum Gasteiger partial charge on any atom is -0.373 e. The van der Waals surface area contributed by atoms with Crippen LogP contribution in [0.15, 0.2) is 29.3 Å². The number of ether oxygens (including phenoxy) is 1. The molecule has 122 valence electrons. The van der Waals surface area contributed by atoms with Crippen LogP contribution in [0.5, 0.6) is 0 Å². The Morgan fingerprint density at radius 1 is 1.36 bits per heavy atom. The first-order chi connectivity index (χ1) is 10.5. The first kappa shape index (κ1) is 16.8. The van der Waals surface area contributed by atoms with Gasteiger partial charge in [0, 0.05) is 31.9 Å². The molecule has 0 aromatic heterocycles. The van der Waals surface area contributed by atoms with E-state index in [2.05, 4.69) is 48.1 Å². The number of morpholine rings is 1. The third-order valence-electron chi connectivity index (χ3n) is 3.70. The molecule has 0 bridgehead atoms. The normalized spacial score (nSPS) is 23.5. The summed E-state index contributed by atoms with van der Waals surface area (Å²) in [5.41, 5.74) is 8.11. The molecule has 2 rings (SSSR count). The predicted octanol–water partition coefficient (Wildman–Crippen LogP) is 2.22. The van der Waals surface area contributed by atoms with E-state index in [-0.39, 0.29) is 0 Å². The molecule has 0 saturated carbocycles. The van der Waals surface area contributed by atoms with E-state index in [4.69, 9.17) is 10.5 Å². The highest BCUT2D eigenvalue weighted by Crippen LogP contribution is 2.11. The molecule has 1 fully saturated rings.